The highest BCUT2D eigenvalue weighted by Crippen LogP contribution is 2.18. The van der Waals surface area contributed by atoms with E-state index in [0.29, 0.717) is 37.6 Å². The molecule has 122 valence electrons. The summed E-state index contributed by atoms with van der Waals surface area (Å²) in [5.74, 6) is -0.354. The third kappa shape index (κ3) is 3.74. The van der Waals surface area contributed by atoms with E-state index in [0.717, 1.165) is 5.56 Å². The van der Waals surface area contributed by atoms with Crippen molar-refractivity contribution in [2.24, 2.45) is 0 Å². The predicted molar refractivity (Wildman–Crippen MR) is 84.7 cm³/mol. The van der Waals surface area contributed by atoms with Gasteiger partial charge in [0.2, 0.25) is 10.0 Å². The highest BCUT2D eigenvalue weighted by Gasteiger charge is 2.28. The van der Waals surface area contributed by atoms with Gasteiger partial charge in [-0.05, 0) is 23.8 Å². The second-order valence-corrected chi connectivity index (χ2v) is 7.44. The maximum atomic E-state index is 13.2. The summed E-state index contributed by atoms with van der Waals surface area (Å²) in [6.45, 7) is 2.66. The van der Waals surface area contributed by atoms with Gasteiger partial charge in [0, 0.05) is 38.9 Å². The van der Waals surface area contributed by atoms with E-state index in [-0.39, 0.29) is 5.82 Å². The molecule has 1 aromatic heterocycles. The molecule has 23 heavy (non-hydrogen) atoms. The lowest BCUT2D eigenvalue weighted by Gasteiger charge is -2.33. The summed E-state index contributed by atoms with van der Waals surface area (Å²) in [5, 5.41) is 0. The number of piperazine rings is 1. The first kappa shape index (κ1) is 16.0. The van der Waals surface area contributed by atoms with Crippen LogP contribution in [0.15, 0.2) is 53.7 Å². The predicted octanol–water partition coefficient (Wildman–Crippen LogP) is 1.73. The average Bonchev–Trinajstić information content (AvgIpc) is 2.56. The first-order chi connectivity index (χ1) is 11.1. The molecule has 1 aliphatic rings. The van der Waals surface area contributed by atoms with Crippen molar-refractivity contribution in [2.45, 2.75) is 11.4 Å². The molecular formula is C16H18FN3O2S. The van der Waals surface area contributed by atoms with Crippen molar-refractivity contribution in [1.82, 2.24) is 14.2 Å². The molecule has 2 aromatic rings. The molecule has 0 radical (unpaired) electrons. The van der Waals surface area contributed by atoms with Gasteiger partial charge >= 0.3 is 0 Å². The summed E-state index contributed by atoms with van der Waals surface area (Å²) >= 11 is 0. The smallest absolute Gasteiger partial charge is 0.243 e. The highest BCUT2D eigenvalue weighted by atomic mass is 32.2. The van der Waals surface area contributed by atoms with Crippen molar-refractivity contribution in [3.8, 4) is 0 Å². The fourth-order valence-corrected chi connectivity index (χ4v) is 4.11. The number of nitrogens with zero attached hydrogens (tertiary/aromatic N) is 3. The molecule has 5 nitrogen and oxygen atoms in total. The second-order valence-electron chi connectivity index (χ2n) is 5.50. The van der Waals surface area contributed by atoms with Crippen LogP contribution in [0.4, 0.5) is 4.39 Å². The summed E-state index contributed by atoms with van der Waals surface area (Å²) < 4.78 is 39.8. The largest absolute Gasteiger partial charge is 0.296 e. The molecule has 1 fully saturated rings. The molecule has 0 aliphatic carbocycles. The van der Waals surface area contributed by atoms with Crippen molar-refractivity contribution in [1.29, 1.82) is 0 Å². The van der Waals surface area contributed by atoms with Gasteiger partial charge in [0.1, 0.15) is 5.82 Å². The first-order valence-corrected chi connectivity index (χ1v) is 8.87. The minimum Gasteiger partial charge on any atom is -0.296 e. The monoisotopic (exact) mass is 335 g/mol. The molecule has 0 bridgehead atoms. The van der Waals surface area contributed by atoms with Gasteiger partial charge in [-0.2, -0.15) is 4.31 Å². The standard InChI is InChI=1S/C16H18FN3O2S/c17-15-10-14(11-18-12-15)13-19-6-8-20(9-7-19)23(21,22)16-4-2-1-3-5-16/h1-5,10-12H,6-9,13H2. The zero-order valence-corrected chi connectivity index (χ0v) is 13.4. The lowest BCUT2D eigenvalue weighted by atomic mass is 10.2. The Morgan fingerprint density at radius 2 is 1.74 bits per heavy atom. The fourth-order valence-electron chi connectivity index (χ4n) is 2.67. The van der Waals surface area contributed by atoms with Crippen LogP contribution in [0.1, 0.15) is 5.56 Å². The number of benzene rings is 1. The van der Waals surface area contributed by atoms with Gasteiger partial charge in [-0.15, -0.1) is 0 Å². The Hall–Kier alpha value is -1.83. The summed E-state index contributed by atoms with van der Waals surface area (Å²) in [5.41, 5.74) is 0.796. The van der Waals surface area contributed by atoms with Crippen LogP contribution in [0.5, 0.6) is 0 Å². The van der Waals surface area contributed by atoms with Crippen LogP contribution >= 0.6 is 0 Å². The van der Waals surface area contributed by atoms with Crippen molar-refractivity contribution >= 4 is 10.0 Å². The fraction of sp³-hybridized carbons (Fsp3) is 0.312. The number of halogens is 1. The average molecular weight is 335 g/mol. The molecule has 0 saturated carbocycles. The quantitative estimate of drug-likeness (QED) is 0.854. The molecular weight excluding hydrogens is 317 g/mol. The number of rotatable bonds is 4. The third-order valence-electron chi connectivity index (χ3n) is 3.88. The molecule has 0 N–H and O–H groups in total. The number of hydrogen-bond acceptors (Lipinski definition) is 4. The van der Waals surface area contributed by atoms with Gasteiger partial charge in [0.25, 0.3) is 0 Å². The van der Waals surface area contributed by atoms with Crippen molar-refractivity contribution in [2.75, 3.05) is 26.2 Å². The molecule has 1 aliphatic heterocycles. The highest BCUT2D eigenvalue weighted by molar-refractivity contribution is 7.89. The molecule has 7 heteroatoms. The van der Waals surface area contributed by atoms with Crippen LogP contribution in [-0.2, 0) is 16.6 Å². The minimum atomic E-state index is -3.43. The number of sulfonamides is 1. The van der Waals surface area contributed by atoms with Crippen molar-refractivity contribution in [3.63, 3.8) is 0 Å². The molecule has 0 atom stereocenters. The van der Waals surface area contributed by atoms with E-state index in [1.165, 1.54) is 16.6 Å². The van der Waals surface area contributed by atoms with Gasteiger partial charge in [0.05, 0.1) is 11.1 Å². The van der Waals surface area contributed by atoms with E-state index in [1.54, 1.807) is 36.5 Å². The molecule has 1 aromatic carbocycles. The number of hydrogen-bond donors (Lipinski definition) is 0. The topological polar surface area (TPSA) is 53.5 Å². The molecule has 0 amide bonds. The van der Waals surface area contributed by atoms with E-state index in [4.69, 9.17) is 0 Å². The maximum Gasteiger partial charge on any atom is 0.243 e. The summed E-state index contributed by atoms with van der Waals surface area (Å²) in [6.07, 6.45) is 2.81. The summed E-state index contributed by atoms with van der Waals surface area (Å²) in [7, 11) is -3.43. The Labute approximate surface area is 135 Å². The lowest BCUT2D eigenvalue weighted by Crippen LogP contribution is -2.48. The van der Waals surface area contributed by atoms with Crippen molar-refractivity contribution in [3.05, 3.63) is 60.2 Å². The van der Waals surface area contributed by atoms with E-state index < -0.39 is 10.0 Å². The Bertz CT molecular complexity index is 760. The Morgan fingerprint density at radius 3 is 2.39 bits per heavy atom. The Balaban J connectivity index is 1.62. The van der Waals surface area contributed by atoms with Crippen LogP contribution in [0.3, 0.4) is 0 Å². The molecule has 1 saturated heterocycles. The van der Waals surface area contributed by atoms with Gasteiger partial charge in [-0.25, -0.2) is 12.8 Å². The third-order valence-corrected chi connectivity index (χ3v) is 5.79. The Morgan fingerprint density at radius 1 is 1.04 bits per heavy atom. The zero-order valence-electron chi connectivity index (χ0n) is 12.6. The lowest BCUT2D eigenvalue weighted by molar-refractivity contribution is 0.181. The number of pyridine rings is 1. The number of aromatic nitrogens is 1. The van der Waals surface area contributed by atoms with Gasteiger partial charge in [-0.3, -0.25) is 9.88 Å². The minimum absolute atomic E-state index is 0.322. The SMILES string of the molecule is O=S(=O)(c1ccccc1)N1CCN(Cc2cncc(F)c2)CC1. The van der Waals surface area contributed by atoms with E-state index >= 15 is 0 Å². The second kappa shape index (κ2) is 6.74. The van der Waals surface area contributed by atoms with Gasteiger partial charge < -0.3 is 0 Å². The van der Waals surface area contributed by atoms with Gasteiger partial charge in [0.15, 0.2) is 0 Å². The Kier molecular flexibility index (Phi) is 4.70. The van der Waals surface area contributed by atoms with Crippen molar-refractivity contribution < 1.29 is 12.8 Å². The summed E-state index contributed by atoms with van der Waals surface area (Å²) in [6, 6.07) is 9.92. The first-order valence-electron chi connectivity index (χ1n) is 7.43. The van der Waals surface area contributed by atoms with Crippen LogP contribution in [0, 0.1) is 5.82 Å². The van der Waals surface area contributed by atoms with Crippen LogP contribution in [0.2, 0.25) is 0 Å². The van der Waals surface area contributed by atoms with Crippen LogP contribution in [-0.4, -0.2) is 48.8 Å². The molecule has 2 heterocycles. The van der Waals surface area contributed by atoms with E-state index in [2.05, 4.69) is 9.88 Å². The molecule has 0 unspecified atom stereocenters. The van der Waals surface area contributed by atoms with Crippen LogP contribution < -0.4 is 0 Å². The molecule has 3 rings (SSSR count). The zero-order chi connectivity index (χ0) is 16.3. The van der Waals surface area contributed by atoms with Crippen LogP contribution in [0.25, 0.3) is 0 Å². The van der Waals surface area contributed by atoms with Gasteiger partial charge in [-0.1, -0.05) is 18.2 Å². The van der Waals surface area contributed by atoms with E-state index in [9.17, 15) is 12.8 Å². The summed E-state index contributed by atoms with van der Waals surface area (Å²) in [4.78, 5) is 6.26. The molecule has 0 spiro atoms. The van der Waals surface area contributed by atoms with E-state index in [1.807, 2.05) is 0 Å². The normalized spacial score (nSPS) is 17.3. The maximum absolute atomic E-state index is 13.2.